The lowest BCUT2D eigenvalue weighted by Gasteiger charge is -2.17. The summed E-state index contributed by atoms with van der Waals surface area (Å²) in [4.78, 5) is 24.8. The lowest BCUT2D eigenvalue weighted by atomic mass is 10.1. The van der Waals surface area contributed by atoms with E-state index in [1.54, 1.807) is 0 Å². The molecule has 1 heterocycles. The van der Waals surface area contributed by atoms with Gasteiger partial charge in [-0.3, -0.25) is 9.59 Å². The lowest BCUT2D eigenvalue weighted by molar-refractivity contribution is -0.136. The third kappa shape index (κ3) is 5.20. The summed E-state index contributed by atoms with van der Waals surface area (Å²) >= 11 is 0. The Hall–Kier alpha value is -4.15. The number of nitrogens with one attached hydrogen (secondary N) is 2. The minimum atomic E-state index is -4.81. The number of anilines is 2. The highest BCUT2D eigenvalue weighted by atomic mass is 19.4. The van der Waals surface area contributed by atoms with E-state index in [-0.39, 0.29) is 34.1 Å². The Balaban J connectivity index is 1.91. The second-order valence-electron chi connectivity index (χ2n) is 6.59. The molecule has 2 amide bonds. The molecule has 0 aliphatic rings. The molecule has 0 saturated carbocycles. The predicted molar refractivity (Wildman–Crippen MR) is 112 cm³/mol. The van der Waals surface area contributed by atoms with Gasteiger partial charge in [0.2, 0.25) is 5.75 Å². The zero-order valence-corrected chi connectivity index (χ0v) is 17.7. The average molecular weight is 464 g/mol. The van der Waals surface area contributed by atoms with E-state index < -0.39 is 29.2 Å². The maximum Gasteiger partial charge on any atom is 0.418 e. The van der Waals surface area contributed by atoms with Crippen molar-refractivity contribution in [3.8, 4) is 17.2 Å². The first kappa shape index (κ1) is 23.5. The number of methoxy groups -OCH3 is 3. The van der Waals surface area contributed by atoms with Crippen molar-refractivity contribution in [2.24, 2.45) is 0 Å². The molecule has 3 rings (SSSR count). The molecule has 0 saturated heterocycles. The smallest absolute Gasteiger partial charge is 0.418 e. The van der Waals surface area contributed by atoms with Gasteiger partial charge in [-0.1, -0.05) is 0 Å². The van der Waals surface area contributed by atoms with E-state index >= 15 is 0 Å². The molecule has 2 N–H and O–H groups in total. The molecule has 11 heteroatoms. The number of hydrogen-bond acceptors (Lipinski definition) is 6. The predicted octanol–water partition coefficient (Wildman–Crippen LogP) is 4.83. The monoisotopic (exact) mass is 464 g/mol. The van der Waals surface area contributed by atoms with Gasteiger partial charge < -0.3 is 29.3 Å². The average Bonchev–Trinajstić information content (AvgIpc) is 3.33. The Morgan fingerprint density at radius 2 is 1.48 bits per heavy atom. The van der Waals surface area contributed by atoms with Crippen LogP contribution >= 0.6 is 0 Å². The van der Waals surface area contributed by atoms with Crippen molar-refractivity contribution in [1.82, 2.24) is 0 Å². The summed E-state index contributed by atoms with van der Waals surface area (Å²) in [6, 6.07) is 6.99. The topological polar surface area (TPSA) is 99.0 Å². The number of benzene rings is 2. The van der Waals surface area contributed by atoms with E-state index in [4.69, 9.17) is 18.6 Å². The minimum Gasteiger partial charge on any atom is -0.493 e. The first-order valence-corrected chi connectivity index (χ1v) is 9.34. The number of rotatable bonds is 7. The van der Waals surface area contributed by atoms with Gasteiger partial charge in [0.05, 0.1) is 44.4 Å². The second-order valence-corrected chi connectivity index (χ2v) is 6.59. The maximum absolute atomic E-state index is 13.7. The van der Waals surface area contributed by atoms with Crippen LogP contribution in [0.3, 0.4) is 0 Å². The van der Waals surface area contributed by atoms with Crippen LogP contribution in [0.2, 0.25) is 0 Å². The van der Waals surface area contributed by atoms with Gasteiger partial charge in [-0.15, -0.1) is 0 Å². The van der Waals surface area contributed by atoms with E-state index in [1.165, 1.54) is 51.9 Å². The molecule has 8 nitrogen and oxygen atoms in total. The number of alkyl halides is 3. The summed E-state index contributed by atoms with van der Waals surface area (Å²) in [6.45, 7) is 0. The Labute approximate surface area is 186 Å². The number of furan rings is 1. The summed E-state index contributed by atoms with van der Waals surface area (Å²) in [7, 11) is 4.07. The highest BCUT2D eigenvalue weighted by molar-refractivity contribution is 6.06. The zero-order valence-electron chi connectivity index (χ0n) is 17.7. The lowest BCUT2D eigenvalue weighted by Crippen LogP contribution is -2.18. The molecule has 0 radical (unpaired) electrons. The Morgan fingerprint density at radius 1 is 0.848 bits per heavy atom. The maximum atomic E-state index is 13.7. The molecule has 0 unspecified atom stereocenters. The van der Waals surface area contributed by atoms with Crippen LogP contribution in [-0.2, 0) is 6.18 Å². The Kier molecular flexibility index (Phi) is 6.80. The number of hydrogen-bond donors (Lipinski definition) is 2. The number of carbonyl (C=O) groups excluding carboxylic acids is 2. The fraction of sp³-hybridized carbons (Fsp3) is 0.182. The van der Waals surface area contributed by atoms with Crippen LogP contribution in [0.15, 0.2) is 53.3 Å². The summed E-state index contributed by atoms with van der Waals surface area (Å²) in [6.07, 6.45) is -2.39. The van der Waals surface area contributed by atoms with E-state index in [1.807, 2.05) is 0 Å². The summed E-state index contributed by atoms with van der Waals surface area (Å²) in [5.74, 6) is -0.933. The quantitative estimate of drug-likeness (QED) is 0.520. The molecule has 2 aromatic carbocycles. The van der Waals surface area contributed by atoms with Crippen molar-refractivity contribution in [2.45, 2.75) is 6.18 Å². The summed E-state index contributed by atoms with van der Waals surface area (Å²) in [5, 5.41) is 4.60. The number of halogens is 3. The van der Waals surface area contributed by atoms with Crippen LogP contribution in [0.25, 0.3) is 0 Å². The molecule has 0 bridgehead atoms. The standard InChI is InChI=1S/C22H19F3N2O6/c1-30-17-8-13(9-18(31-2)19(17)32-3)21(29)27-16-5-4-14(10-15(16)22(23,24)25)26-20(28)12-6-7-33-11-12/h4-11H,1-3H3,(H,26,28)(H,27,29). The number of carbonyl (C=O) groups is 2. The molecule has 174 valence electrons. The van der Waals surface area contributed by atoms with E-state index in [9.17, 15) is 22.8 Å². The highest BCUT2D eigenvalue weighted by Gasteiger charge is 2.34. The van der Waals surface area contributed by atoms with Crippen molar-refractivity contribution in [1.29, 1.82) is 0 Å². The normalized spacial score (nSPS) is 11.0. The van der Waals surface area contributed by atoms with Gasteiger partial charge in [-0.05, 0) is 36.4 Å². The first-order chi connectivity index (χ1) is 15.7. The Morgan fingerprint density at radius 3 is 2.00 bits per heavy atom. The van der Waals surface area contributed by atoms with Crippen molar-refractivity contribution in [2.75, 3.05) is 32.0 Å². The van der Waals surface area contributed by atoms with Gasteiger partial charge >= 0.3 is 6.18 Å². The van der Waals surface area contributed by atoms with Crippen LogP contribution in [-0.4, -0.2) is 33.1 Å². The largest absolute Gasteiger partial charge is 0.493 e. The second kappa shape index (κ2) is 9.55. The molecule has 33 heavy (non-hydrogen) atoms. The van der Waals surface area contributed by atoms with Crippen molar-refractivity contribution < 1.29 is 41.4 Å². The molecule has 0 aliphatic heterocycles. The van der Waals surface area contributed by atoms with Gasteiger partial charge in [0.15, 0.2) is 11.5 Å². The van der Waals surface area contributed by atoms with Crippen molar-refractivity contribution >= 4 is 23.2 Å². The molecule has 3 aromatic rings. The molecule has 0 aliphatic carbocycles. The molecule has 0 atom stereocenters. The van der Waals surface area contributed by atoms with Crippen LogP contribution in [0.1, 0.15) is 26.3 Å². The number of amides is 2. The van der Waals surface area contributed by atoms with Crippen LogP contribution < -0.4 is 24.8 Å². The van der Waals surface area contributed by atoms with Crippen molar-refractivity contribution in [3.63, 3.8) is 0 Å². The fourth-order valence-corrected chi connectivity index (χ4v) is 2.97. The van der Waals surface area contributed by atoms with Gasteiger partial charge in [0, 0.05) is 11.3 Å². The molecular formula is C22H19F3N2O6. The first-order valence-electron chi connectivity index (χ1n) is 9.34. The van der Waals surface area contributed by atoms with Crippen LogP contribution in [0.5, 0.6) is 17.2 Å². The summed E-state index contributed by atoms with van der Waals surface area (Å²) in [5.41, 5.74) is -1.63. The SMILES string of the molecule is COc1cc(C(=O)Nc2ccc(NC(=O)c3ccoc3)cc2C(F)(F)F)cc(OC)c1OC. The van der Waals surface area contributed by atoms with Gasteiger partial charge in [-0.25, -0.2) is 0 Å². The molecule has 0 spiro atoms. The molecule has 1 aromatic heterocycles. The van der Waals surface area contributed by atoms with E-state index in [0.717, 1.165) is 18.4 Å². The molecule has 0 fully saturated rings. The van der Waals surface area contributed by atoms with Crippen molar-refractivity contribution in [3.05, 3.63) is 65.6 Å². The summed E-state index contributed by atoms with van der Waals surface area (Å²) < 4.78 is 61.4. The molecular weight excluding hydrogens is 445 g/mol. The minimum absolute atomic E-state index is 0.0186. The van der Waals surface area contributed by atoms with Crippen LogP contribution in [0.4, 0.5) is 24.5 Å². The number of ether oxygens (including phenoxy) is 3. The third-order valence-electron chi connectivity index (χ3n) is 4.54. The highest BCUT2D eigenvalue weighted by Crippen LogP contribution is 2.39. The van der Waals surface area contributed by atoms with E-state index in [0.29, 0.717) is 0 Å². The van der Waals surface area contributed by atoms with Crippen LogP contribution in [0, 0.1) is 0 Å². The van der Waals surface area contributed by atoms with Gasteiger partial charge in [0.25, 0.3) is 11.8 Å². The fourth-order valence-electron chi connectivity index (χ4n) is 2.97. The Bertz CT molecular complexity index is 1130. The third-order valence-corrected chi connectivity index (χ3v) is 4.54. The zero-order chi connectivity index (χ0) is 24.2. The van der Waals surface area contributed by atoms with E-state index in [2.05, 4.69) is 10.6 Å². The van der Waals surface area contributed by atoms with Gasteiger partial charge in [-0.2, -0.15) is 13.2 Å². The van der Waals surface area contributed by atoms with Gasteiger partial charge in [0.1, 0.15) is 6.26 Å².